The molecule has 2 N–H and O–H groups in total. The van der Waals surface area contributed by atoms with Gasteiger partial charge in [0.25, 0.3) is 5.56 Å². The molecular weight excluding hydrogens is 730 g/mol. The molecule has 0 bridgehead atoms. The second-order valence-electron chi connectivity index (χ2n) is 13.7. The maximum atomic E-state index is 13.6. The molecule has 0 fully saturated rings. The van der Waals surface area contributed by atoms with Gasteiger partial charge in [-0.05, 0) is 55.1 Å². The Morgan fingerprint density at radius 1 is 1.04 bits per heavy atom. The largest absolute Gasteiger partial charge is 0.453 e. The van der Waals surface area contributed by atoms with Crippen molar-refractivity contribution in [2.45, 2.75) is 76.6 Å². The van der Waals surface area contributed by atoms with Crippen LogP contribution in [-0.2, 0) is 38.8 Å². The van der Waals surface area contributed by atoms with Crippen molar-refractivity contribution in [3.8, 4) is 0 Å². The van der Waals surface area contributed by atoms with Gasteiger partial charge < -0.3 is 34.1 Å². The summed E-state index contributed by atoms with van der Waals surface area (Å²) in [5.74, 6) is -4.58. The minimum absolute atomic E-state index is 0.0345. The minimum Gasteiger partial charge on any atom is -0.453 e. The van der Waals surface area contributed by atoms with Crippen LogP contribution >= 0.6 is 0 Å². The van der Waals surface area contributed by atoms with E-state index in [1.165, 1.54) is 52.1 Å². The molecular formula is C34H44F6N6O6Si. The number of nitrogens with zero attached hydrogens (tertiary/aromatic N) is 4. The Kier molecular flexibility index (Phi) is 14.5. The van der Waals surface area contributed by atoms with E-state index in [2.05, 4.69) is 40.0 Å². The minimum atomic E-state index is -5.56. The third-order valence-corrected chi connectivity index (χ3v) is 9.78. The Hall–Kier alpha value is -4.65. The van der Waals surface area contributed by atoms with Gasteiger partial charge in [0.1, 0.15) is 24.3 Å². The maximum absolute atomic E-state index is 13.6. The number of fused-ring (bicyclic) bond motifs is 1. The van der Waals surface area contributed by atoms with Gasteiger partial charge in [0.05, 0.1) is 24.7 Å². The Morgan fingerprint density at radius 3 is 2.32 bits per heavy atom. The van der Waals surface area contributed by atoms with Gasteiger partial charge in [-0.15, -0.1) is 0 Å². The normalized spacial score (nSPS) is 13.1. The predicted molar refractivity (Wildman–Crippen MR) is 188 cm³/mol. The van der Waals surface area contributed by atoms with Crippen LogP contribution in [0.4, 0.5) is 36.8 Å². The number of benzene rings is 1. The smallest absolute Gasteiger partial charge is 0.407 e. The summed E-state index contributed by atoms with van der Waals surface area (Å²) in [5.41, 5.74) is -1.10. The fraction of sp³-hybridized carbons (Fsp3) is 0.500. The van der Waals surface area contributed by atoms with E-state index in [0.29, 0.717) is 6.61 Å². The summed E-state index contributed by atoms with van der Waals surface area (Å²) in [6.45, 7) is 6.29. The van der Waals surface area contributed by atoms with Crippen molar-refractivity contribution in [3.63, 3.8) is 0 Å². The lowest BCUT2D eigenvalue weighted by molar-refractivity contribution is -0.283. The summed E-state index contributed by atoms with van der Waals surface area (Å²) in [4.78, 5) is 56.5. The molecule has 0 saturated carbocycles. The highest BCUT2D eigenvalue weighted by molar-refractivity contribution is 6.76. The highest BCUT2D eigenvalue weighted by Gasteiger charge is 2.56. The van der Waals surface area contributed by atoms with Crippen molar-refractivity contribution < 1.29 is 50.2 Å². The van der Waals surface area contributed by atoms with Gasteiger partial charge in [-0.3, -0.25) is 14.4 Å². The van der Waals surface area contributed by atoms with Gasteiger partial charge in [-0.1, -0.05) is 37.8 Å². The van der Waals surface area contributed by atoms with Crippen LogP contribution in [0.3, 0.4) is 0 Å². The van der Waals surface area contributed by atoms with E-state index in [-0.39, 0.29) is 60.1 Å². The molecule has 292 valence electrons. The van der Waals surface area contributed by atoms with Gasteiger partial charge in [-0.2, -0.15) is 26.3 Å². The first kappa shape index (κ1) is 42.8. The van der Waals surface area contributed by atoms with Crippen LogP contribution in [0.5, 0.6) is 0 Å². The van der Waals surface area contributed by atoms with Gasteiger partial charge in [0, 0.05) is 35.0 Å². The first-order valence-electron chi connectivity index (χ1n) is 16.5. The van der Waals surface area contributed by atoms with Crippen LogP contribution in [0.2, 0.25) is 25.7 Å². The molecule has 3 aromatic rings. The molecule has 0 radical (unpaired) electrons. The number of anilines is 1. The number of rotatable bonds is 16. The molecule has 0 aliphatic carbocycles. The summed E-state index contributed by atoms with van der Waals surface area (Å²) in [7, 11) is 2.71. The molecule has 19 heteroatoms. The van der Waals surface area contributed by atoms with E-state index >= 15 is 0 Å². The number of pyridine rings is 1. The molecule has 2 aromatic heterocycles. The third kappa shape index (κ3) is 12.5. The van der Waals surface area contributed by atoms with Crippen LogP contribution in [0.1, 0.15) is 24.2 Å². The number of nitrogens with one attached hydrogen (secondary N) is 2. The number of alkyl halides is 6. The monoisotopic (exact) mass is 774 g/mol. The molecule has 1 atom stereocenters. The van der Waals surface area contributed by atoms with Crippen molar-refractivity contribution >= 4 is 42.7 Å². The van der Waals surface area contributed by atoms with E-state index in [9.17, 15) is 45.5 Å². The summed E-state index contributed by atoms with van der Waals surface area (Å²) in [6, 6.07) is 6.33. The van der Waals surface area contributed by atoms with E-state index in [1.54, 1.807) is 14.1 Å². The number of methoxy groups -OCH3 is 1. The molecule has 3 rings (SSSR count). The SMILES string of the molecule is COC(=O)N[C@@H](CC/C=C/C(=O)N(C)C)C(=O)Nc1cccn(Cc2nc3c(CC(C(F)(F)F)C(F)(F)F)cccc3n2COCC[Si](C)(C)C)c1=O. The number of para-hydroxylation sites is 1. The lowest BCUT2D eigenvalue weighted by Gasteiger charge is -2.23. The second-order valence-corrected chi connectivity index (χ2v) is 19.3. The van der Waals surface area contributed by atoms with E-state index < -0.39 is 56.4 Å². The summed E-state index contributed by atoms with van der Waals surface area (Å²) in [6.07, 6.45) is -8.99. The second kappa shape index (κ2) is 17.9. The maximum Gasteiger partial charge on any atom is 0.407 e. The number of imidazole rings is 1. The van der Waals surface area contributed by atoms with Crippen LogP contribution in [-0.4, -0.2) is 91.2 Å². The van der Waals surface area contributed by atoms with Crippen molar-refractivity contribution in [3.05, 3.63) is 70.4 Å². The van der Waals surface area contributed by atoms with E-state index in [1.807, 2.05) is 0 Å². The topological polar surface area (TPSA) is 137 Å². The zero-order valence-corrected chi connectivity index (χ0v) is 31.2. The van der Waals surface area contributed by atoms with Crippen molar-refractivity contribution in [2.75, 3.05) is 33.1 Å². The Morgan fingerprint density at radius 2 is 1.72 bits per heavy atom. The molecule has 0 saturated heterocycles. The van der Waals surface area contributed by atoms with Gasteiger partial charge in [0.2, 0.25) is 11.8 Å². The van der Waals surface area contributed by atoms with Gasteiger partial charge in [-0.25, -0.2) is 9.78 Å². The molecule has 0 aliphatic rings. The Balaban J connectivity index is 1.97. The third-order valence-electron chi connectivity index (χ3n) is 8.08. The number of halogens is 6. The van der Waals surface area contributed by atoms with E-state index in [4.69, 9.17) is 4.74 Å². The fourth-order valence-corrected chi connectivity index (χ4v) is 5.81. The van der Waals surface area contributed by atoms with Gasteiger partial charge in [0.15, 0.2) is 5.92 Å². The molecule has 3 amide bonds. The molecule has 0 unspecified atom stereocenters. The molecule has 2 heterocycles. The Labute approximate surface area is 303 Å². The van der Waals surface area contributed by atoms with Crippen molar-refractivity contribution in [1.82, 2.24) is 24.3 Å². The van der Waals surface area contributed by atoms with Gasteiger partial charge >= 0.3 is 18.4 Å². The number of hydrogen-bond acceptors (Lipinski definition) is 7. The highest BCUT2D eigenvalue weighted by atomic mass is 28.3. The number of amides is 3. The summed E-state index contributed by atoms with van der Waals surface area (Å²) < 4.78 is 94.4. The summed E-state index contributed by atoms with van der Waals surface area (Å²) >= 11 is 0. The molecule has 1 aromatic carbocycles. The lowest BCUT2D eigenvalue weighted by Crippen LogP contribution is -2.44. The number of hydrogen-bond donors (Lipinski definition) is 2. The Bertz CT molecular complexity index is 1820. The van der Waals surface area contributed by atoms with Crippen LogP contribution in [0.15, 0.2) is 53.5 Å². The quantitative estimate of drug-likeness (QED) is 0.0798. The number of ether oxygens (including phenoxy) is 2. The highest BCUT2D eigenvalue weighted by Crippen LogP contribution is 2.42. The number of aromatic nitrogens is 3. The van der Waals surface area contributed by atoms with Crippen LogP contribution < -0.4 is 16.2 Å². The standard InChI is InChI=1S/C34H44F6N6O6Si/c1-44(2)28(47)15-8-7-12-23(42-32(50)51-3)30(48)41-24-13-10-16-45(31(24)49)20-27-43-29-22(19-26(33(35,36)37)34(38,39)40)11-9-14-25(29)46(27)21-52-17-18-53(4,5)6/h8-11,13-16,23,26H,7,12,17-21H2,1-6H3,(H,41,48)(H,42,50)/b15-8+/t23-/m0/s1. The average Bonchev–Trinajstić information content (AvgIpc) is 3.40. The fourth-order valence-electron chi connectivity index (χ4n) is 5.05. The van der Waals surface area contributed by atoms with Crippen molar-refractivity contribution in [2.24, 2.45) is 5.92 Å². The molecule has 53 heavy (non-hydrogen) atoms. The van der Waals surface area contributed by atoms with Crippen LogP contribution in [0, 0.1) is 5.92 Å². The summed E-state index contributed by atoms with van der Waals surface area (Å²) in [5, 5.41) is 4.87. The average molecular weight is 775 g/mol. The molecule has 0 spiro atoms. The van der Waals surface area contributed by atoms with Crippen molar-refractivity contribution in [1.29, 1.82) is 0 Å². The lowest BCUT2D eigenvalue weighted by atomic mass is 9.97. The zero-order valence-electron chi connectivity index (χ0n) is 30.2. The number of carbonyl (C=O) groups excluding carboxylic acids is 3. The zero-order chi connectivity index (χ0) is 39.7. The molecule has 12 nitrogen and oxygen atoms in total. The first-order chi connectivity index (χ1) is 24.6. The number of allylic oxidation sites excluding steroid dienone is 1. The predicted octanol–water partition coefficient (Wildman–Crippen LogP) is 5.93. The van der Waals surface area contributed by atoms with Crippen LogP contribution in [0.25, 0.3) is 11.0 Å². The number of alkyl carbamates (subject to hydrolysis) is 1. The number of carbonyl (C=O) groups is 3. The number of likely N-dealkylation sites (N-methyl/N-ethyl adjacent to an activating group) is 1. The molecule has 0 aliphatic heterocycles. The first-order valence-corrected chi connectivity index (χ1v) is 20.2. The van der Waals surface area contributed by atoms with E-state index in [0.717, 1.165) is 23.8 Å².